The topological polar surface area (TPSA) is 27.1 Å². The lowest BCUT2D eigenvalue weighted by atomic mass is 10.3. The van der Waals surface area contributed by atoms with Crippen molar-refractivity contribution < 1.29 is 4.74 Å². The largest absolute Gasteiger partial charge is 0.494 e. The second-order valence-corrected chi connectivity index (χ2v) is 10.4. The van der Waals surface area contributed by atoms with Crippen molar-refractivity contribution in [1.29, 1.82) is 0 Å². The predicted molar refractivity (Wildman–Crippen MR) is 85.0 cm³/mol. The molecule has 104 valence electrons. The van der Waals surface area contributed by atoms with E-state index in [2.05, 4.69) is 36.2 Å². The van der Waals surface area contributed by atoms with Crippen LogP contribution in [0.1, 0.15) is 12.5 Å². The van der Waals surface area contributed by atoms with Crippen LogP contribution in [0, 0.1) is 11.5 Å². The van der Waals surface area contributed by atoms with Gasteiger partial charge in [0.1, 0.15) is 13.8 Å². The molecule has 3 nitrogen and oxygen atoms in total. The molecule has 4 heteroatoms. The number of aromatic nitrogens is 2. The maximum Gasteiger partial charge on any atom is 0.129 e. The van der Waals surface area contributed by atoms with E-state index in [-0.39, 0.29) is 0 Å². The Morgan fingerprint density at radius 2 is 1.90 bits per heavy atom. The Labute approximate surface area is 121 Å². The summed E-state index contributed by atoms with van der Waals surface area (Å²) in [7, 11) is -1.34. The molecule has 1 heterocycles. The van der Waals surface area contributed by atoms with Gasteiger partial charge in [-0.3, -0.25) is 0 Å². The summed E-state index contributed by atoms with van der Waals surface area (Å²) < 4.78 is 7.27. The van der Waals surface area contributed by atoms with Crippen molar-refractivity contribution in [1.82, 2.24) is 9.78 Å². The lowest BCUT2D eigenvalue weighted by Gasteiger charge is -2.04. The number of benzene rings is 1. The number of hydrogen-bond acceptors (Lipinski definition) is 2. The quantitative estimate of drug-likeness (QED) is 0.637. The summed E-state index contributed by atoms with van der Waals surface area (Å²) in [4.78, 5) is 0. The first-order chi connectivity index (χ1) is 9.48. The highest BCUT2D eigenvalue weighted by atomic mass is 28.3. The minimum atomic E-state index is -1.34. The molecular weight excluding hydrogens is 264 g/mol. The number of ether oxygens (including phenoxy) is 1. The zero-order chi connectivity index (χ0) is 14.6. The van der Waals surface area contributed by atoms with Crippen molar-refractivity contribution in [3.05, 3.63) is 42.2 Å². The van der Waals surface area contributed by atoms with E-state index in [1.165, 1.54) is 0 Å². The summed E-state index contributed by atoms with van der Waals surface area (Å²) in [6.07, 6.45) is 3.77. The lowest BCUT2D eigenvalue weighted by Crippen LogP contribution is -2.16. The lowest BCUT2D eigenvalue weighted by molar-refractivity contribution is 0.340. The zero-order valence-electron chi connectivity index (χ0n) is 12.5. The Morgan fingerprint density at radius 1 is 1.20 bits per heavy atom. The van der Waals surface area contributed by atoms with Gasteiger partial charge in [-0.25, -0.2) is 4.68 Å². The van der Waals surface area contributed by atoms with Gasteiger partial charge in [0.05, 0.1) is 24.1 Å². The van der Waals surface area contributed by atoms with Crippen LogP contribution in [-0.2, 0) is 0 Å². The zero-order valence-corrected chi connectivity index (χ0v) is 13.5. The Bertz CT molecular complexity index is 627. The van der Waals surface area contributed by atoms with Gasteiger partial charge >= 0.3 is 0 Å². The third-order valence-electron chi connectivity index (χ3n) is 2.58. The molecule has 0 bridgehead atoms. The Morgan fingerprint density at radius 3 is 2.50 bits per heavy atom. The molecule has 0 aliphatic heterocycles. The average Bonchev–Trinajstić information content (AvgIpc) is 2.86. The third-order valence-corrected chi connectivity index (χ3v) is 3.45. The van der Waals surface area contributed by atoms with Gasteiger partial charge in [0, 0.05) is 6.20 Å². The van der Waals surface area contributed by atoms with E-state index in [1.807, 2.05) is 48.3 Å². The van der Waals surface area contributed by atoms with Gasteiger partial charge in [-0.2, -0.15) is 5.10 Å². The smallest absolute Gasteiger partial charge is 0.129 e. The molecule has 1 aromatic heterocycles. The molecule has 0 amide bonds. The summed E-state index contributed by atoms with van der Waals surface area (Å²) in [5.41, 5.74) is 5.31. The number of nitrogens with zero attached hydrogens (tertiary/aromatic N) is 2. The van der Waals surface area contributed by atoms with E-state index in [1.54, 1.807) is 0 Å². The van der Waals surface area contributed by atoms with Gasteiger partial charge in [-0.1, -0.05) is 25.6 Å². The van der Waals surface area contributed by atoms with Crippen molar-refractivity contribution in [3.8, 4) is 22.9 Å². The first kappa shape index (κ1) is 14.4. The Balaban J connectivity index is 2.17. The Hall–Kier alpha value is -1.99. The minimum Gasteiger partial charge on any atom is -0.494 e. The monoisotopic (exact) mass is 284 g/mol. The molecule has 2 rings (SSSR count). The van der Waals surface area contributed by atoms with Crippen LogP contribution < -0.4 is 4.74 Å². The van der Waals surface area contributed by atoms with Crippen LogP contribution in [0.2, 0.25) is 19.6 Å². The van der Waals surface area contributed by atoms with E-state index in [9.17, 15) is 0 Å². The highest BCUT2D eigenvalue weighted by Crippen LogP contribution is 2.15. The molecular formula is C16H20N2OSi. The fraction of sp³-hybridized carbons (Fsp3) is 0.312. The minimum absolute atomic E-state index is 0.678. The first-order valence-electron chi connectivity index (χ1n) is 6.79. The molecule has 0 saturated heterocycles. The van der Waals surface area contributed by atoms with Gasteiger partial charge in [-0.05, 0) is 31.2 Å². The first-order valence-corrected chi connectivity index (χ1v) is 10.3. The van der Waals surface area contributed by atoms with E-state index in [0.29, 0.717) is 6.61 Å². The average molecular weight is 284 g/mol. The van der Waals surface area contributed by atoms with Crippen molar-refractivity contribution in [2.45, 2.75) is 26.6 Å². The van der Waals surface area contributed by atoms with E-state index >= 15 is 0 Å². The molecule has 0 aliphatic carbocycles. The molecule has 0 fully saturated rings. The second kappa shape index (κ2) is 5.97. The van der Waals surface area contributed by atoms with Crippen LogP contribution in [0.15, 0.2) is 36.7 Å². The van der Waals surface area contributed by atoms with Crippen molar-refractivity contribution >= 4 is 8.07 Å². The van der Waals surface area contributed by atoms with Crippen LogP contribution in [0.3, 0.4) is 0 Å². The van der Waals surface area contributed by atoms with Crippen LogP contribution in [0.5, 0.6) is 5.75 Å². The normalized spacial score (nSPS) is 10.8. The number of rotatable bonds is 3. The summed E-state index contributed by atoms with van der Waals surface area (Å²) in [6.45, 7) is 9.35. The molecule has 0 N–H and O–H groups in total. The summed E-state index contributed by atoms with van der Waals surface area (Å²) in [5.74, 6) is 4.09. The van der Waals surface area contributed by atoms with Gasteiger partial charge in [-0.15, -0.1) is 5.54 Å². The molecule has 0 atom stereocenters. The van der Waals surface area contributed by atoms with Crippen molar-refractivity contribution in [3.63, 3.8) is 0 Å². The maximum absolute atomic E-state index is 5.43. The molecule has 0 spiro atoms. The SMILES string of the molecule is CCOc1ccc(-n2cc(C#C[Si](C)(C)C)cn2)cc1. The van der Waals surface area contributed by atoms with Crippen LogP contribution >= 0.6 is 0 Å². The highest BCUT2D eigenvalue weighted by Gasteiger charge is 2.08. The van der Waals surface area contributed by atoms with Crippen molar-refractivity contribution in [2.75, 3.05) is 6.61 Å². The van der Waals surface area contributed by atoms with Gasteiger partial charge in [0.15, 0.2) is 0 Å². The van der Waals surface area contributed by atoms with Crippen LogP contribution in [0.4, 0.5) is 0 Å². The second-order valence-electron chi connectivity index (χ2n) is 5.60. The summed E-state index contributed by atoms with van der Waals surface area (Å²) in [5, 5.41) is 4.35. The fourth-order valence-corrected chi connectivity index (χ4v) is 2.17. The predicted octanol–water partition coefficient (Wildman–Crippen LogP) is 3.50. The molecule has 1 aromatic carbocycles. The van der Waals surface area contributed by atoms with E-state index in [4.69, 9.17) is 4.74 Å². The summed E-state index contributed by atoms with van der Waals surface area (Å²) >= 11 is 0. The maximum atomic E-state index is 5.43. The third kappa shape index (κ3) is 4.00. The molecule has 2 aromatic rings. The molecule has 0 radical (unpaired) electrons. The highest BCUT2D eigenvalue weighted by molar-refractivity contribution is 6.83. The Kier molecular flexibility index (Phi) is 4.31. The van der Waals surface area contributed by atoms with Gasteiger partial charge in [0.25, 0.3) is 0 Å². The molecule has 0 aliphatic rings. The number of hydrogen-bond donors (Lipinski definition) is 0. The van der Waals surface area contributed by atoms with Gasteiger partial charge in [0.2, 0.25) is 0 Å². The van der Waals surface area contributed by atoms with Crippen LogP contribution in [0.25, 0.3) is 5.69 Å². The molecule has 0 unspecified atom stereocenters. The van der Waals surface area contributed by atoms with Crippen molar-refractivity contribution in [2.24, 2.45) is 0 Å². The molecule has 20 heavy (non-hydrogen) atoms. The summed E-state index contributed by atoms with van der Waals surface area (Å²) in [6, 6.07) is 7.89. The standard InChI is InChI=1S/C16H20N2OSi/c1-5-19-16-8-6-15(7-9-16)18-13-14(12-17-18)10-11-20(2,3)4/h6-9,12-13H,5H2,1-4H3. The fourth-order valence-electron chi connectivity index (χ4n) is 1.65. The van der Waals surface area contributed by atoms with E-state index in [0.717, 1.165) is 17.0 Å². The van der Waals surface area contributed by atoms with Gasteiger partial charge < -0.3 is 4.74 Å². The molecule has 0 saturated carbocycles. The van der Waals surface area contributed by atoms with E-state index < -0.39 is 8.07 Å². The van der Waals surface area contributed by atoms with Crippen LogP contribution in [-0.4, -0.2) is 24.5 Å².